The number of benzene rings is 2. The van der Waals surface area contributed by atoms with Crippen molar-refractivity contribution < 1.29 is 17.9 Å². The first kappa shape index (κ1) is 22.5. The van der Waals surface area contributed by atoms with Crippen LogP contribution >= 0.6 is 11.6 Å². The van der Waals surface area contributed by atoms with Crippen molar-refractivity contribution in [2.45, 2.75) is 11.5 Å². The Morgan fingerprint density at radius 3 is 2.67 bits per heavy atom. The third kappa shape index (κ3) is 5.57. The predicted molar refractivity (Wildman–Crippen MR) is 125 cm³/mol. The van der Waals surface area contributed by atoms with Crippen molar-refractivity contribution in [2.75, 3.05) is 11.6 Å². The minimum absolute atomic E-state index is 0.00897. The second-order valence-electron chi connectivity index (χ2n) is 7.17. The van der Waals surface area contributed by atoms with Crippen molar-refractivity contribution in [3.63, 3.8) is 0 Å². The van der Waals surface area contributed by atoms with E-state index >= 15 is 0 Å². The van der Waals surface area contributed by atoms with Gasteiger partial charge in [-0.25, -0.2) is 18.1 Å². The predicted octanol–water partition coefficient (Wildman–Crippen LogP) is 4.16. The Labute approximate surface area is 195 Å². The zero-order valence-electron chi connectivity index (χ0n) is 17.5. The first-order chi connectivity index (χ1) is 15.8. The summed E-state index contributed by atoms with van der Waals surface area (Å²) in [4.78, 5) is 17.1. The van der Waals surface area contributed by atoms with E-state index in [2.05, 4.69) is 15.4 Å². The molecule has 0 unspecified atom stereocenters. The van der Waals surface area contributed by atoms with E-state index < -0.39 is 15.7 Å². The van der Waals surface area contributed by atoms with Crippen LogP contribution in [0.15, 0.2) is 84.1 Å². The molecule has 0 saturated heterocycles. The molecule has 0 aliphatic heterocycles. The summed E-state index contributed by atoms with van der Waals surface area (Å²) in [5, 5.41) is 7.07. The summed E-state index contributed by atoms with van der Waals surface area (Å²) in [7, 11) is -3.48. The number of carbonyl (C=O) groups is 1. The molecule has 0 saturated carbocycles. The highest BCUT2D eigenvalue weighted by Crippen LogP contribution is 2.24. The zero-order valence-corrected chi connectivity index (χ0v) is 19.0. The van der Waals surface area contributed by atoms with Gasteiger partial charge in [-0.1, -0.05) is 41.9 Å². The zero-order chi connectivity index (χ0) is 23.4. The lowest BCUT2D eigenvalue weighted by Gasteiger charge is -2.10. The van der Waals surface area contributed by atoms with E-state index in [4.69, 9.17) is 16.3 Å². The van der Waals surface area contributed by atoms with Crippen molar-refractivity contribution in [3.05, 3.63) is 95.4 Å². The average molecular weight is 483 g/mol. The number of carbonyl (C=O) groups excluding carboxylic acids is 1. The summed E-state index contributed by atoms with van der Waals surface area (Å²) < 4.78 is 31.0. The summed E-state index contributed by atoms with van der Waals surface area (Å²) in [5.41, 5.74) is 1.50. The Kier molecular flexibility index (Phi) is 6.43. The van der Waals surface area contributed by atoms with Crippen LogP contribution in [-0.2, 0) is 16.4 Å². The first-order valence-electron chi connectivity index (χ1n) is 9.78. The number of nitrogens with zero attached hydrogens (tertiary/aromatic N) is 3. The number of halogens is 1. The van der Waals surface area contributed by atoms with Gasteiger partial charge in [0.1, 0.15) is 6.61 Å². The van der Waals surface area contributed by atoms with E-state index in [1.54, 1.807) is 18.3 Å². The Bertz CT molecular complexity index is 1410. The van der Waals surface area contributed by atoms with Gasteiger partial charge in [0.25, 0.3) is 5.91 Å². The van der Waals surface area contributed by atoms with Gasteiger partial charge in [-0.05, 0) is 35.9 Å². The van der Waals surface area contributed by atoms with Gasteiger partial charge in [0.05, 0.1) is 16.7 Å². The van der Waals surface area contributed by atoms with Crippen LogP contribution in [0.5, 0.6) is 5.75 Å². The van der Waals surface area contributed by atoms with E-state index in [0.717, 1.165) is 11.8 Å². The van der Waals surface area contributed by atoms with Crippen LogP contribution in [0.3, 0.4) is 0 Å². The Balaban J connectivity index is 1.53. The molecule has 1 N–H and O–H groups in total. The van der Waals surface area contributed by atoms with Crippen molar-refractivity contribution in [1.82, 2.24) is 14.8 Å². The van der Waals surface area contributed by atoms with Crippen molar-refractivity contribution >= 4 is 33.0 Å². The highest BCUT2D eigenvalue weighted by molar-refractivity contribution is 7.90. The lowest BCUT2D eigenvalue weighted by Crippen LogP contribution is -2.12. The maximum absolute atomic E-state index is 12.7. The second kappa shape index (κ2) is 9.43. The fourth-order valence-corrected chi connectivity index (χ4v) is 3.99. The molecule has 0 fully saturated rings. The molecular weight excluding hydrogens is 464 g/mol. The number of hydrogen-bond donors (Lipinski definition) is 1. The lowest BCUT2D eigenvalue weighted by atomic mass is 10.2. The van der Waals surface area contributed by atoms with Gasteiger partial charge < -0.3 is 10.1 Å². The van der Waals surface area contributed by atoms with Gasteiger partial charge in [-0.2, -0.15) is 5.10 Å². The summed E-state index contributed by atoms with van der Waals surface area (Å²) in [6.07, 6.45) is 5.56. The molecule has 0 aliphatic rings. The summed E-state index contributed by atoms with van der Waals surface area (Å²) in [5.74, 6) is 0.448. The van der Waals surface area contributed by atoms with Crippen LogP contribution in [0.4, 0.5) is 5.69 Å². The number of aromatic nitrogens is 3. The summed E-state index contributed by atoms with van der Waals surface area (Å²) >= 11 is 6.01. The number of ether oxygens (including phenoxy) is 1. The molecule has 0 bridgehead atoms. The number of hydrogen-bond acceptors (Lipinski definition) is 6. The average Bonchev–Trinajstić information content (AvgIpc) is 3.28. The molecule has 4 rings (SSSR count). The fourth-order valence-electron chi connectivity index (χ4n) is 3.01. The molecule has 0 atom stereocenters. The van der Waals surface area contributed by atoms with Crippen molar-refractivity contribution in [2.24, 2.45) is 0 Å². The van der Waals surface area contributed by atoms with E-state index in [9.17, 15) is 13.2 Å². The SMILES string of the molecule is CS(=O)(=O)c1cc(Cl)cc(NC(=O)c2cnn(-c3ncccc3OCc3ccccc3)c2)c1. The quantitative estimate of drug-likeness (QED) is 0.424. The Morgan fingerprint density at radius 1 is 1.12 bits per heavy atom. The molecule has 1 amide bonds. The van der Waals surface area contributed by atoms with Gasteiger partial charge >= 0.3 is 0 Å². The summed E-state index contributed by atoms with van der Waals surface area (Å²) in [6.45, 7) is 0.353. The molecule has 10 heteroatoms. The van der Waals surface area contributed by atoms with Gasteiger partial charge in [-0.15, -0.1) is 0 Å². The first-order valence-corrected chi connectivity index (χ1v) is 12.1. The Hall–Kier alpha value is -3.69. The summed E-state index contributed by atoms with van der Waals surface area (Å²) in [6, 6.07) is 17.4. The van der Waals surface area contributed by atoms with Crippen LogP contribution in [-0.4, -0.2) is 35.3 Å². The number of nitrogens with one attached hydrogen (secondary N) is 1. The maximum atomic E-state index is 12.7. The smallest absolute Gasteiger partial charge is 0.258 e. The number of amides is 1. The van der Waals surface area contributed by atoms with Gasteiger partial charge in [0.15, 0.2) is 21.4 Å². The molecule has 4 aromatic rings. The minimum Gasteiger partial charge on any atom is -0.485 e. The normalized spacial score (nSPS) is 11.2. The maximum Gasteiger partial charge on any atom is 0.258 e. The van der Waals surface area contributed by atoms with E-state index in [1.165, 1.54) is 35.3 Å². The van der Waals surface area contributed by atoms with Crippen LogP contribution < -0.4 is 10.1 Å². The lowest BCUT2D eigenvalue weighted by molar-refractivity contribution is 0.102. The van der Waals surface area contributed by atoms with Gasteiger partial charge in [0, 0.05) is 29.4 Å². The van der Waals surface area contributed by atoms with E-state index in [0.29, 0.717) is 18.2 Å². The largest absolute Gasteiger partial charge is 0.485 e. The molecule has 2 aromatic carbocycles. The number of rotatable bonds is 7. The number of sulfone groups is 1. The van der Waals surface area contributed by atoms with Crippen molar-refractivity contribution in [1.29, 1.82) is 0 Å². The monoisotopic (exact) mass is 482 g/mol. The standard InChI is InChI=1S/C23H19ClN4O4S/c1-33(30,31)20-11-18(24)10-19(12-20)27-23(29)17-13-26-28(14-17)22-21(8-5-9-25-22)32-15-16-6-3-2-4-7-16/h2-14H,15H2,1H3,(H,27,29). The molecular formula is C23H19ClN4O4S. The van der Waals surface area contributed by atoms with Gasteiger partial charge in [-0.3, -0.25) is 4.79 Å². The van der Waals surface area contributed by atoms with Crippen LogP contribution in [0, 0.1) is 0 Å². The number of pyridine rings is 1. The van der Waals surface area contributed by atoms with Gasteiger partial charge in [0.2, 0.25) is 0 Å². The highest BCUT2D eigenvalue weighted by atomic mass is 35.5. The third-order valence-electron chi connectivity index (χ3n) is 4.61. The second-order valence-corrected chi connectivity index (χ2v) is 9.63. The van der Waals surface area contributed by atoms with Crippen molar-refractivity contribution in [3.8, 4) is 11.6 Å². The molecule has 2 heterocycles. The van der Waals surface area contributed by atoms with Crippen LogP contribution in [0.25, 0.3) is 5.82 Å². The molecule has 0 spiro atoms. The topological polar surface area (TPSA) is 103 Å². The molecule has 168 valence electrons. The van der Waals surface area contributed by atoms with Crippen LogP contribution in [0.2, 0.25) is 5.02 Å². The molecule has 33 heavy (non-hydrogen) atoms. The highest BCUT2D eigenvalue weighted by Gasteiger charge is 2.15. The molecule has 2 aromatic heterocycles. The van der Waals surface area contributed by atoms with E-state index in [1.807, 2.05) is 30.3 Å². The van der Waals surface area contributed by atoms with E-state index in [-0.39, 0.29) is 21.2 Å². The molecule has 0 radical (unpaired) electrons. The third-order valence-corrected chi connectivity index (χ3v) is 5.92. The molecule has 8 nitrogen and oxygen atoms in total. The van der Waals surface area contributed by atoms with Crippen LogP contribution in [0.1, 0.15) is 15.9 Å². The Morgan fingerprint density at radius 2 is 1.91 bits per heavy atom. The minimum atomic E-state index is -3.48. The number of anilines is 1. The molecule has 0 aliphatic carbocycles. The fraction of sp³-hybridized carbons (Fsp3) is 0.0870.